The predicted octanol–water partition coefficient (Wildman–Crippen LogP) is 4.40. The SMILES string of the molecule is C=CCN(Cc1ccc(OC)cc1)Cc1cc(OC)c(OC(F)F)cc1[N+](=O)[O-]. The number of nitro groups is 1. The molecule has 0 amide bonds. The lowest BCUT2D eigenvalue weighted by Crippen LogP contribution is -2.23. The predicted molar refractivity (Wildman–Crippen MR) is 104 cm³/mol. The van der Waals surface area contributed by atoms with Gasteiger partial charge in [0.1, 0.15) is 5.75 Å². The van der Waals surface area contributed by atoms with Gasteiger partial charge in [-0.05, 0) is 23.8 Å². The molecule has 0 saturated heterocycles. The van der Waals surface area contributed by atoms with Gasteiger partial charge in [0.15, 0.2) is 11.5 Å². The largest absolute Gasteiger partial charge is 0.497 e. The molecule has 9 heteroatoms. The minimum atomic E-state index is -3.12. The van der Waals surface area contributed by atoms with Crippen LogP contribution in [0.2, 0.25) is 0 Å². The van der Waals surface area contributed by atoms with Gasteiger partial charge in [-0.15, -0.1) is 6.58 Å². The fourth-order valence-electron chi connectivity index (χ4n) is 2.83. The van der Waals surface area contributed by atoms with Crippen LogP contribution in [0.3, 0.4) is 0 Å². The van der Waals surface area contributed by atoms with Crippen LogP contribution in [0.1, 0.15) is 11.1 Å². The van der Waals surface area contributed by atoms with E-state index in [9.17, 15) is 18.9 Å². The molecule has 0 aliphatic carbocycles. The molecule has 0 saturated carbocycles. The van der Waals surface area contributed by atoms with Crippen molar-refractivity contribution in [1.29, 1.82) is 0 Å². The first kappa shape index (κ1) is 22.1. The van der Waals surface area contributed by atoms with Crippen molar-refractivity contribution in [2.45, 2.75) is 19.7 Å². The van der Waals surface area contributed by atoms with Gasteiger partial charge in [-0.1, -0.05) is 18.2 Å². The van der Waals surface area contributed by atoms with Crippen LogP contribution < -0.4 is 14.2 Å². The molecule has 7 nitrogen and oxygen atoms in total. The van der Waals surface area contributed by atoms with Crippen molar-refractivity contribution in [3.8, 4) is 17.2 Å². The first-order chi connectivity index (χ1) is 13.9. The van der Waals surface area contributed by atoms with Crippen LogP contribution in [-0.2, 0) is 13.1 Å². The second-order valence-corrected chi connectivity index (χ2v) is 6.07. The first-order valence-corrected chi connectivity index (χ1v) is 8.64. The number of benzene rings is 2. The first-order valence-electron chi connectivity index (χ1n) is 8.64. The number of ether oxygens (including phenoxy) is 3. The van der Waals surface area contributed by atoms with Gasteiger partial charge in [0.2, 0.25) is 0 Å². The lowest BCUT2D eigenvalue weighted by Gasteiger charge is -2.22. The topological polar surface area (TPSA) is 74.1 Å². The minimum Gasteiger partial charge on any atom is -0.497 e. The Morgan fingerprint density at radius 1 is 1.14 bits per heavy atom. The molecule has 0 bridgehead atoms. The summed E-state index contributed by atoms with van der Waals surface area (Å²) >= 11 is 0. The summed E-state index contributed by atoms with van der Waals surface area (Å²) in [7, 11) is 2.86. The van der Waals surface area contributed by atoms with E-state index in [2.05, 4.69) is 11.3 Å². The number of hydrogen-bond donors (Lipinski definition) is 0. The van der Waals surface area contributed by atoms with Gasteiger partial charge < -0.3 is 14.2 Å². The monoisotopic (exact) mass is 408 g/mol. The molecule has 29 heavy (non-hydrogen) atoms. The fraction of sp³-hybridized carbons (Fsp3) is 0.300. The van der Waals surface area contributed by atoms with Crippen molar-refractivity contribution < 1.29 is 27.9 Å². The molecule has 2 aromatic rings. The number of nitrogens with zero attached hydrogens (tertiary/aromatic N) is 2. The molecule has 0 radical (unpaired) electrons. The van der Waals surface area contributed by atoms with E-state index in [4.69, 9.17) is 9.47 Å². The van der Waals surface area contributed by atoms with Crippen molar-refractivity contribution in [2.75, 3.05) is 20.8 Å². The second-order valence-electron chi connectivity index (χ2n) is 6.07. The summed E-state index contributed by atoms with van der Waals surface area (Å²) < 4.78 is 39.8. The Balaban J connectivity index is 2.33. The molecule has 0 unspecified atom stereocenters. The second kappa shape index (κ2) is 10.4. The zero-order valence-corrected chi connectivity index (χ0v) is 16.1. The third kappa shape index (κ3) is 6.15. The summed E-state index contributed by atoms with van der Waals surface area (Å²) in [6, 6.07) is 9.74. The Kier molecular flexibility index (Phi) is 7.90. The molecule has 0 N–H and O–H groups in total. The minimum absolute atomic E-state index is 0.00565. The zero-order chi connectivity index (χ0) is 21.4. The Bertz CT molecular complexity index is 844. The maximum atomic E-state index is 12.6. The van der Waals surface area contributed by atoms with Gasteiger partial charge in [0, 0.05) is 25.2 Å². The van der Waals surface area contributed by atoms with Crippen molar-refractivity contribution in [3.63, 3.8) is 0 Å². The normalized spacial score (nSPS) is 10.8. The molecule has 0 spiro atoms. The van der Waals surface area contributed by atoms with Crippen LogP contribution in [-0.4, -0.2) is 37.2 Å². The van der Waals surface area contributed by atoms with Crippen LogP contribution in [0.4, 0.5) is 14.5 Å². The van der Waals surface area contributed by atoms with Gasteiger partial charge in [0.25, 0.3) is 5.69 Å². The summed E-state index contributed by atoms with van der Waals surface area (Å²) in [4.78, 5) is 12.8. The van der Waals surface area contributed by atoms with Gasteiger partial charge in [0.05, 0.1) is 25.2 Å². The van der Waals surface area contributed by atoms with E-state index in [-0.39, 0.29) is 23.7 Å². The lowest BCUT2D eigenvalue weighted by atomic mass is 10.1. The molecule has 0 heterocycles. The van der Waals surface area contributed by atoms with Crippen molar-refractivity contribution in [2.24, 2.45) is 0 Å². The Labute approximate surface area is 167 Å². The number of rotatable bonds is 11. The highest BCUT2D eigenvalue weighted by molar-refractivity contribution is 5.54. The van der Waals surface area contributed by atoms with Crippen molar-refractivity contribution >= 4 is 5.69 Å². The average Bonchev–Trinajstić information content (AvgIpc) is 2.68. The van der Waals surface area contributed by atoms with E-state index in [1.807, 2.05) is 29.2 Å². The molecular formula is C20H22F2N2O5. The van der Waals surface area contributed by atoms with Crippen LogP contribution >= 0.6 is 0 Å². The number of methoxy groups -OCH3 is 2. The Morgan fingerprint density at radius 3 is 2.34 bits per heavy atom. The smallest absolute Gasteiger partial charge is 0.387 e. The van der Waals surface area contributed by atoms with Crippen LogP contribution in [0, 0.1) is 10.1 Å². The fourth-order valence-corrected chi connectivity index (χ4v) is 2.83. The highest BCUT2D eigenvalue weighted by Crippen LogP contribution is 2.36. The maximum Gasteiger partial charge on any atom is 0.387 e. The van der Waals surface area contributed by atoms with E-state index in [0.717, 1.165) is 17.4 Å². The van der Waals surface area contributed by atoms with Gasteiger partial charge >= 0.3 is 6.61 Å². The third-order valence-electron chi connectivity index (χ3n) is 4.12. The molecule has 0 aliphatic heterocycles. The van der Waals surface area contributed by atoms with Crippen LogP contribution in [0.25, 0.3) is 0 Å². The molecule has 2 rings (SSSR count). The van der Waals surface area contributed by atoms with Gasteiger partial charge in [-0.3, -0.25) is 15.0 Å². The number of hydrogen-bond acceptors (Lipinski definition) is 6. The van der Waals surface area contributed by atoms with Crippen molar-refractivity contribution in [1.82, 2.24) is 4.90 Å². The number of halogens is 2. The summed E-state index contributed by atoms with van der Waals surface area (Å²) in [6.45, 7) is 1.73. The molecular weight excluding hydrogens is 386 g/mol. The highest BCUT2D eigenvalue weighted by atomic mass is 19.3. The van der Waals surface area contributed by atoms with Gasteiger partial charge in [-0.25, -0.2) is 0 Å². The third-order valence-corrected chi connectivity index (χ3v) is 4.12. The van der Waals surface area contributed by atoms with E-state index >= 15 is 0 Å². The molecule has 0 fully saturated rings. The molecule has 0 atom stereocenters. The van der Waals surface area contributed by atoms with E-state index in [1.165, 1.54) is 13.2 Å². The Morgan fingerprint density at radius 2 is 1.83 bits per heavy atom. The molecule has 0 aliphatic rings. The standard InChI is InChI=1S/C20H22F2N2O5/c1-4-9-23(12-14-5-7-16(27-2)8-6-14)13-15-10-18(28-3)19(29-20(21)22)11-17(15)24(25)26/h4-8,10-11,20H,1,9,12-13H2,2-3H3. The Hall–Kier alpha value is -3.20. The van der Waals surface area contributed by atoms with E-state index in [0.29, 0.717) is 18.7 Å². The maximum absolute atomic E-state index is 12.6. The molecule has 156 valence electrons. The van der Waals surface area contributed by atoms with Crippen LogP contribution in [0.15, 0.2) is 49.1 Å². The zero-order valence-electron chi connectivity index (χ0n) is 16.1. The van der Waals surface area contributed by atoms with Gasteiger partial charge in [-0.2, -0.15) is 8.78 Å². The summed E-state index contributed by atoms with van der Waals surface area (Å²) in [5.41, 5.74) is 0.953. The summed E-state index contributed by atoms with van der Waals surface area (Å²) in [5.74, 6) is 0.330. The van der Waals surface area contributed by atoms with E-state index in [1.54, 1.807) is 13.2 Å². The highest BCUT2D eigenvalue weighted by Gasteiger charge is 2.23. The average molecular weight is 408 g/mol. The molecule has 0 aromatic heterocycles. The number of nitro benzene ring substituents is 1. The molecule has 2 aromatic carbocycles. The quantitative estimate of drug-likeness (QED) is 0.312. The van der Waals surface area contributed by atoms with Crippen LogP contribution in [0.5, 0.6) is 17.2 Å². The number of alkyl halides is 2. The summed E-state index contributed by atoms with van der Waals surface area (Å²) in [5, 5.41) is 11.5. The summed E-state index contributed by atoms with van der Waals surface area (Å²) in [6.07, 6.45) is 1.68. The lowest BCUT2D eigenvalue weighted by molar-refractivity contribution is -0.385. The van der Waals surface area contributed by atoms with E-state index < -0.39 is 11.5 Å². The van der Waals surface area contributed by atoms with Crippen molar-refractivity contribution in [3.05, 3.63) is 70.3 Å².